The Kier molecular flexibility index (Phi) is 6.05. The lowest BCUT2D eigenvalue weighted by Gasteiger charge is -2.13. The molecule has 0 unspecified atom stereocenters. The summed E-state index contributed by atoms with van der Waals surface area (Å²) in [6.45, 7) is 4.75. The molecule has 4 N–H and O–H groups in total. The van der Waals surface area contributed by atoms with E-state index in [2.05, 4.69) is 27.5 Å². The number of anilines is 2. The van der Waals surface area contributed by atoms with E-state index in [0.29, 0.717) is 19.4 Å². The molecule has 1 amide bonds. The lowest BCUT2D eigenvalue weighted by molar-refractivity contribution is -0.118. The zero-order valence-electron chi connectivity index (χ0n) is 11.9. The molecule has 0 saturated carbocycles. The number of amides is 1. The van der Waals surface area contributed by atoms with E-state index < -0.39 is 0 Å². The van der Waals surface area contributed by atoms with Crippen molar-refractivity contribution in [3.8, 4) is 0 Å². The average Bonchev–Trinajstić information content (AvgIpc) is 2.37. The van der Waals surface area contributed by atoms with Crippen molar-refractivity contribution in [3.63, 3.8) is 0 Å². The van der Waals surface area contributed by atoms with Gasteiger partial charge in [0.25, 0.3) is 0 Å². The number of hydrogen-bond acceptors (Lipinski definition) is 5. The van der Waals surface area contributed by atoms with Gasteiger partial charge < -0.3 is 16.4 Å². The fourth-order valence-electron chi connectivity index (χ4n) is 1.78. The maximum absolute atomic E-state index is 10.7. The van der Waals surface area contributed by atoms with Gasteiger partial charge in [-0.25, -0.2) is 9.97 Å². The number of aryl methyl sites for hydroxylation is 1. The minimum atomic E-state index is -0.274. The number of nitrogens with two attached hydrogens (primary N) is 1. The first-order valence-corrected chi connectivity index (χ1v) is 6.65. The first-order valence-electron chi connectivity index (χ1n) is 6.65. The van der Waals surface area contributed by atoms with Crippen molar-refractivity contribution in [2.24, 2.45) is 5.73 Å². The van der Waals surface area contributed by atoms with E-state index in [-0.39, 0.29) is 5.91 Å². The molecule has 0 aliphatic carbocycles. The maximum atomic E-state index is 10.7. The van der Waals surface area contributed by atoms with Gasteiger partial charge in [-0.05, 0) is 19.8 Å². The van der Waals surface area contributed by atoms with Gasteiger partial charge in [-0.15, -0.1) is 0 Å². The summed E-state index contributed by atoms with van der Waals surface area (Å²) < 4.78 is 0. The molecule has 6 nitrogen and oxygen atoms in total. The van der Waals surface area contributed by atoms with Gasteiger partial charge in [0.2, 0.25) is 5.91 Å². The van der Waals surface area contributed by atoms with Crippen molar-refractivity contribution in [1.82, 2.24) is 9.97 Å². The fourth-order valence-corrected chi connectivity index (χ4v) is 1.78. The quantitative estimate of drug-likeness (QED) is 0.619. The minimum absolute atomic E-state index is 0.274. The van der Waals surface area contributed by atoms with Gasteiger partial charge >= 0.3 is 0 Å². The number of carbonyl (C=O) groups excluding carboxylic acids is 1. The van der Waals surface area contributed by atoms with Gasteiger partial charge in [-0.3, -0.25) is 4.79 Å². The first kappa shape index (κ1) is 15.2. The van der Waals surface area contributed by atoms with Crippen molar-refractivity contribution in [2.75, 3.05) is 24.2 Å². The number of rotatable bonds is 8. The molecule has 0 spiro atoms. The summed E-state index contributed by atoms with van der Waals surface area (Å²) in [7, 11) is 1.85. The number of nitrogens with zero attached hydrogens (tertiary/aromatic N) is 2. The number of nitrogens with one attached hydrogen (secondary N) is 2. The zero-order valence-corrected chi connectivity index (χ0v) is 11.9. The van der Waals surface area contributed by atoms with E-state index >= 15 is 0 Å². The van der Waals surface area contributed by atoms with E-state index in [0.717, 1.165) is 35.9 Å². The van der Waals surface area contributed by atoms with Crippen molar-refractivity contribution in [2.45, 2.75) is 39.5 Å². The van der Waals surface area contributed by atoms with E-state index in [1.807, 2.05) is 14.0 Å². The summed E-state index contributed by atoms with van der Waals surface area (Å²) in [6.07, 6.45) is 2.95. The molecule has 0 bridgehead atoms. The van der Waals surface area contributed by atoms with E-state index in [9.17, 15) is 4.79 Å². The van der Waals surface area contributed by atoms with Gasteiger partial charge in [0.05, 0.1) is 0 Å². The zero-order chi connectivity index (χ0) is 14.3. The van der Waals surface area contributed by atoms with Crippen LogP contribution in [0.25, 0.3) is 0 Å². The van der Waals surface area contributed by atoms with Crippen LogP contribution >= 0.6 is 0 Å². The third kappa shape index (κ3) is 4.73. The molecule has 1 heterocycles. The SMILES string of the molecule is CCCc1nc(NC)c(C)c(NCCCC(N)=O)n1. The van der Waals surface area contributed by atoms with Crippen molar-refractivity contribution >= 4 is 17.5 Å². The predicted octanol–water partition coefficient (Wildman–Crippen LogP) is 1.46. The third-order valence-electron chi connectivity index (χ3n) is 2.79. The predicted molar refractivity (Wildman–Crippen MR) is 77.2 cm³/mol. The summed E-state index contributed by atoms with van der Waals surface area (Å²) >= 11 is 0. The average molecular weight is 265 g/mol. The molecule has 0 aliphatic rings. The van der Waals surface area contributed by atoms with Crippen LogP contribution in [-0.4, -0.2) is 29.5 Å². The Bertz CT molecular complexity index is 433. The van der Waals surface area contributed by atoms with Crippen LogP contribution in [0.3, 0.4) is 0 Å². The highest BCUT2D eigenvalue weighted by Crippen LogP contribution is 2.20. The summed E-state index contributed by atoms with van der Waals surface area (Å²) in [5.74, 6) is 2.22. The van der Waals surface area contributed by atoms with Crippen LogP contribution < -0.4 is 16.4 Å². The normalized spacial score (nSPS) is 10.3. The monoisotopic (exact) mass is 265 g/mol. The largest absolute Gasteiger partial charge is 0.373 e. The van der Waals surface area contributed by atoms with Crippen LogP contribution in [0.5, 0.6) is 0 Å². The van der Waals surface area contributed by atoms with Crippen molar-refractivity contribution < 1.29 is 4.79 Å². The summed E-state index contributed by atoms with van der Waals surface area (Å²) in [5.41, 5.74) is 6.10. The smallest absolute Gasteiger partial charge is 0.217 e. The van der Waals surface area contributed by atoms with Gasteiger partial charge in [-0.1, -0.05) is 6.92 Å². The molecule has 6 heteroatoms. The maximum Gasteiger partial charge on any atom is 0.217 e. The number of primary amides is 1. The number of carbonyl (C=O) groups is 1. The third-order valence-corrected chi connectivity index (χ3v) is 2.79. The van der Waals surface area contributed by atoms with Crippen molar-refractivity contribution in [1.29, 1.82) is 0 Å². The first-order chi connectivity index (χ1) is 9.08. The molecule has 0 aromatic carbocycles. The Morgan fingerprint density at radius 2 is 2.00 bits per heavy atom. The summed E-state index contributed by atoms with van der Waals surface area (Å²) in [4.78, 5) is 19.6. The minimum Gasteiger partial charge on any atom is -0.373 e. The second-order valence-corrected chi connectivity index (χ2v) is 4.46. The number of aromatic nitrogens is 2. The molecule has 1 aromatic rings. The molecule has 0 fully saturated rings. The van der Waals surface area contributed by atoms with Crippen LogP contribution in [0.4, 0.5) is 11.6 Å². The lowest BCUT2D eigenvalue weighted by atomic mass is 10.2. The molecule has 0 aliphatic heterocycles. The Morgan fingerprint density at radius 1 is 1.32 bits per heavy atom. The molecular weight excluding hydrogens is 242 g/mol. The van der Waals surface area contributed by atoms with Crippen LogP contribution in [0.1, 0.15) is 37.6 Å². The van der Waals surface area contributed by atoms with Gasteiger partial charge in [-0.2, -0.15) is 0 Å². The molecule has 1 aromatic heterocycles. The Balaban J connectivity index is 2.74. The second kappa shape index (κ2) is 7.56. The molecule has 106 valence electrons. The van der Waals surface area contributed by atoms with Crippen LogP contribution in [0.2, 0.25) is 0 Å². The Labute approximate surface area is 114 Å². The summed E-state index contributed by atoms with van der Waals surface area (Å²) in [6, 6.07) is 0. The van der Waals surface area contributed by atoms with Crippen LogP contribution in [-0.2, 0) is 11.2 Å². The number of hydrogen-bond donors (Lipinski definition) is 3. The highest BCUT2D eigenvalue weighted by molar-refractivity contribution is 5.73. The van der Waals surface area contributed by atoms with Crippen LogP contribution in [0.15, 0.2) is 0 Å². The van der Waals surface area contributed by atoms with Crippen molar-refractivity contribution in [3.05, 3.63) is 11.4 Å². The summed E-state index contributed by atoms with van der Waals surface area (Å²) in [5, 5.41) is 6.32. The second-order valence-electron chi connectivity index (χ2n) is 4.46. The molecule has 0 saturated heterocycles. The van der Waals surface area contributed by atoms with Gasteiger partial charge in [0.1, 0.15) is 17.5 Å². The highest BCUT2D eigenvalue weighted by atomic mass is 16.1. The van der Waals surface area contributed by atoms with Gasteiger partial charge in [0, 0.05) is 32.0 Å². The van der Waals surface area contributed by atoms with Gasteiger partial charge in [0.15, 0.2) is 0 Å². The standard InChI is InChI=1S/C13H23N5O/c1-4-6-11-17-12(15-3)9(2)13(18-11)16-8-5-7-10(14)19/h4-8H2,1-3H3,(H2,14,19)(H2,15,16,17,18). The topological polar surface area (TPSA) is 92.9 Å². The fraction of sp³-hybridized carbons (Fsp3) is 0.615. The Morgan fingerprint density at radius 3 is 2.58 bits per heavy atom. The molecule has 0 radical (unpaired) electrons. The molecule has 19 heavy (non-hydrogen) atoms. The van der Waals surface area contributed by atoms with E-state index in [1.54, 1.807) is 0 Å². The van der Waals surface area contributed by atoms with E-state index in [1.165, 1.54) is 0 Å². The molecule has 1 rings (SSSR count). The van der Waals surface area contributed by atoms with Crippen LogP contribution in [0, 0.1) is 6.92 Å². The lowest BCUT2D eigenvalue weighted by Crippen LogP contribution is -2.14. The molecular formula is C13H23N5O. The highest BCUT2D eigenvalue weighted by Gasteiger charge is 2.09. The molecule has 0 atom stereocenters. The Hall–Kier alpha value is -1.85. The van der Waals surface area contributed by atoms with E-state index in [4.69, 9.17) is 5.73 Å².